The Bertz CT molecular complexity index is 460. The standard InChI is InChI=1S/C11H12N2O2/c1-2-11-10(13-7-14-11)5-8(1)15-9-3-4-12-6-9/h1-2,5,7,9,12H,3-4,6H2. The van der Waals surface area contributed by atoms with Gasteiger partial charge >= 0.3 is 0 Å². The number of benzene rings is 1. The van der Waals surface area contributed by atoms with Crippen molar-refractivity contribution in [3.63, 3.8) is 0 Å². The van der Waals surface area contributed by atoms with Gasteiger partial charge in [0.25, 0.3) is 0 Å². The van der Waals surface area contributed by atoms with Gasteiger partial charge in [0.1, 0.15) is 17.4 Å². The molecule has 1 N–H and O–H groups in total. The van der Waals surface area contributed by atoms with Crippen molar-refractivity contribution in [2.75, 3.05) is 13.1 Å². The molecular formula is C11H12N2O2. The zero-order chi connectivity index (χ0) is 10.1. The summed E-state index contributed by atoms with van der Waals surface area (Å²) >= 11 is 0. The SMILES string of the molecule is c1nc2cc(OC3CCNC3)ccc2o1. The molecule has 0 saturated carbocycles. The predicted molar refractivity (Wildman–Crippen MR) is 55.9 cm³/mol. The number of rotatable bonds is 2. The first-order chi connectivity index (χ1) is 7.42. The lowest BCUT2D eigenvalue weighted by molar-refractivity contribution is 0.223. The van der Waals surface area contributed by atoms with E-state index in [1.54, 1.807) is 0 Å². The van der Waals surface area contributed by atoms with Crippen LogP contribution < -0.4 is 10.1 Å². The van der Waals surface area contributed by atoms with Crippen LogP contribution in [-0.2, 0) is 0 Å². The van der Waals surface area contributed by atoms with Crippen LogP contribution in [0.4, 0.5) is 0 Å². The Hall–Kier alpha value is -1.55. The van der Waals surface area contributed by atoms with Crippen LogP contribution in [0.15, 0.2) is 29.0 Å². The van der Waals surface area contributed by atoms with Crippen molar-refractivity contribution in [2.45, 2.75) is 12.5 Å². The molecule has 1 unspecified atom stereocenters. The Morgan fingerprint density at radius 1 is 1.47 bits per heavy atom. The number of hydrogen-bond donors (Lipinski definition) is 1. The largest absolute Gasteiger partial charge is 0.489 e. The van der Waals surface area contributed by atoms with E-state index in [-0.39, 0.29) is 6.10 Å². The Labute approximate surface area is 87.2 Å². The minimum atomic E-state index is 0.286. The number of nitrogens with one attached hydrogen (secondary N) is 1. The second-order valence-electron chi connectivity index (χ2n) is 3.71. The van der Waals surface area contributed by atoms with Crippen LogP contribution in [0, 0.1) is 0 Å². The highest BCUT2D eigenvalue weighted by Crippen LogP contribution is 2.21. The van der Waals surface area contributed by atoms with Crippen LogP contribution in [0.2, 0.25) is 0 Å². The molecule has 0 spiro atoms. The van der Waals surface area contributed by atoms with E-state index in [1.165, 1.54) is 6.39 Å². The van der Waals surface area contributed by atoms with E-state index >= 15 is 0 Å². The van der Waals surface area contributed by atoms with E-state index in [0.717, 1.165) is 36.4 Å². The highest BCUT2D eigenvalue weighted by atomic mass is 16.5. The zero-order valence-electron chi connectivity index (χ0n) is 8.27. The van der Waals surface area contributed by atoms with Crippen LogP contribution in [0.25, 0.3) is 11.1 Å². The van der Waals surface area contributed by atoms with E-state index in [1.807, 2.05) is 18.2 Å². The number of hydrogen-bond acceptors (Lipinski definition) is 4. The molecule has 1 fully saturated rings. The molecule has 15 heavy (non-hydrogen) atoms. The van der Waals surface area contributed by atoms with Crippen LogP contribution in [0.3, 0.4) is 0 Å². The monoisotopic (exact) mass is 204 g/mol. The maximum atomic E-state index is 5.81. The lowest BCUT2D eigenvalue weighted by Gasteiger charge is -2.11. The summed E-state index contributed by atoms with van der Waals surface area (Å²) in [6, 6.07) is 5.73. The fraction of sp³-hybridized carbons (Fsp3) is 0.364. The van der Waals surface area contributed by atoms with Gasteiger partial charge in [-0.25, -0.2) is 4.98 Å². The average molecular weight is 204 g/mol. The first kappa shape index (κ1) is 8.73. The lowest BCUT2D eigenvalue weighted by atomic mass is 10.3. The van der Waals surface area contributed by atoms with Crippen molar-refractivity contribution in [2.24, 2.45) is 0 Å². The van der Waals surface area contributed by atoms with Crippen molar-refractivity contribution < 1.29 is 9.15 Å². The first-order valence-corrected chi connectivity index (χ1v) is 5.12. The number of oxazole rings is 1. The summed E-state index contributed by atoms with van der Waals surface area (Å²) in [6.07, 6.45) is 2.80. The summed E-state index contributed by atoms with van der Waals surface area (Å²) in [7, 11) is 0. The lowest BCUT2D eigenvalue weighted by Crippen LogP contribution is -2.19. The average Bonchev–Trinajstić information content (AvgIpc) is 2.87. The smallest absolute Gasteiger partial charge is 0.181 e. The van der Waals surface area contributed by atoms with E-state index in [4.69, 9.17) is 9.15 Å². The third-order valence-corrected chi connectivity index (χ3v) is 2.62. The Morgan fingerprint density at radius 3 is 3.33 bits per heavy atom. The minimum Gasteiger partial charge on any atom is -0.489 e. The maximum absolute atomic E-state index is 5.81. The molecule has 1 aliphatic rings. The van der Waals surface area contributed by atoms with Gasteiger partial charge in [-0.3, -0.25) is 0 Å². The molecule has 78 valence electrons. The quantitative estimate of drug-likeness (QED) is 0.806. The van der Waals surface area contributed by atoms with Gasteiger partial charge in [-0.05, 0) is 25.1 Å². The first-order valence-electron chi connectivity index (χ1n) is 5.12. The van der Waals surface area contributed by atoms with Crippen molar-refractivity contribution in [3.8, 4) is 5.75 Å². The molecule has 0 radical (unpaired) electrons. The molecule has 2 aromatic rings. The number of fused-ring (bicyclic) bond motifs is 1. The molecule has 4 nitrogen and oxygen atoms in total. The van der Waals surface area contributed by atoms with Crippen molar-refractivity contribution in [1.29, 1.82) is 0 Å². The zero-order valence-corrected chi connectivity index (χ0v) is 8.27. The summed E-state index contributed by atoms with van der Waals surface area (Å²) in [5.74, 6) is 0.866. The molecule has 0 bridgehead atoms. The molecule has 1 saturated heterocycles. The second kappa shape index (κ2) is 3.55. The van der Waals surface area contributed by atoms with Gasteiger partial charge in [-0.2, -0.15) is 0 Å². The maximum Gasteiger partial charge on any atom is 0.181 e. The molecule has 4 heteroatoms. The molecule has 1 aliphatic heterocycles. The minimum absolute atomic E-state index is 0.286. The van der Waals surface area contributed by atoms with Gasteiger partial charge in [0, 0.05) is 12.6 Å². The molecular weight excluding hydrogens is 192 g/mol. The van der Waals surface area contributed by atoms with Gasteiger partial charge < -0.3 is 14.5 Å². The normalized spacial score (nSPS) is 20.9. The molecule has 1 aromatic carbocycles. The topological polar surface area (TPSA) is 47.3 Å². The molecule has 0 aliphatic carbocycles. The number of aromatic nitrogens is 1. The van der Waals surface area contributed by atoms with Crippen molar-refractivity contribution >= 4 is 11.1 Å². The third-order valence-electron chi connectivity index (χ3n) is 2.62. The van der Waals surface area contributed by atoms with E-state index in [0.29, 0.717) is 0 Å². The van der Waals surface area contributed by atoms with Gasteiger partial charge in [-0.1, -0.05) is 0 Å². The molecule has 3 rings (SSSR count). The number of ether oxygens (including phenoxy) is 1. The van der Waals surface area contributed by atoms with Gasteiger partial charge in [-0.15, -0.1) is 0 Å². The van der Waals surface area contributed by atoms with Crippen LogP contribution in [-0.4, -0.2) is 24.2 Å². The molecule has 1 aromatic heterocycles. The van der Waals surface area contributed by atoms with Crippen LogP contribution in [0.5, 0.6) is 5.75 Å². The van der Waals surface area contributed by atoms with Gasteiger partial charge in [0.15, 0.2) is 12.0 Å². The Morgan fingerprint density at radius 2 is 2.47 bits per heavy atom. The summed E-state index contributed by atoms with van der Waals surface area (Å²) in [4.78, 5) is 4.09. The highest BCUT2D eigenvalue weighted by Gasteiger charge is 2.16. The van der Waals surface area contributed by atoms with Crippen molar-refractivity contribution in [1.82, 2.24) is 10.3 Å². The molecule has 0 amide bonds. The molecule has 1 atom stereocenters. The van der Waals surface area contributed by atoms with Gasteiger partial charge in [0.05, 0.1) is 0 Å². The van der Waals surface area contributed by atoms with Crippen molar-refractivity contribution in [3.05, 3.63) is 24.6 Å². The Kier molecular flexibility index (Phi) is 2.07. The summed E-state index contributed by atoms with van der Waals surface area (Å²) in [5, 5.41) is 3.27. The number of nitrogens with zero attached hydrogens (tertiary/aromatic N) is 1. The van der Waals surface area contributed by atoms with E-state index in [9.17, 15) is 0 Å². The van der Waals surface area contributed by atoms with Crippen LogP contribution >= 0.6 is 0 Å². The third kappa shape index (κ3) is 1.68. The van der Waals surface area contributed by atoms with Gasteiger partial charge in [0.2, 0.25) is 0 Å². The fourth-order valence-electron chi connectivity index (χ4n) is 1.83. The summed E-state index contributed by atoms with van der Waals surface area (Å²) in [5.41, 5.74) is 1.64. The summed E-state index contributed by atoms with van der Waals surface area (Å²) < 4.78 is 11.0. The second-order valence-corrected chi connectivity index (χ2v) is 3.71. The highest BCUT2D eigenvalue weighted by molar-refractivity contribution is 5.73. The Balaban J connectivity index is 1.84. The molecule has 2 heterocycles. The summed E-state index contributed by atoms with van der Waals surface area (Å²) in [6.45, 7) is 1.97. The van der Waals surface area contributed by atoms with E-state index < -0.39 is 0 Å². The fourth-order valence-corrected chi connectivity index (χ4v) is 1.83. The predicted octanol–water partition coefficient (Wildman–Crippen LogP) is 1.57. The van der Waals surface area contributed by atoms with Crippen LogP contribution in [0.1, 0.15) is 6.42 Å². The van der Waals surface area contributed by atoms with E-state index in [2.05, 4.69) is 10.3 Å².